The van der Waals surface area contributed by atoms with Gasteiger partial charge in [-0.1, -0.05) is 25.1 Å². The minimum atomic E-state index is -0.293. The number of pyridine rings is 1. The van der Waals surface area contributed by atoms with Gasteiger partial charge in [0.25, 0.3) is 5.91 Å². The van der Waals surface area contributed by atoms with E-state index < -0.39 is 0 Å². The SMILES string of the molecule is CCNCc1ccccc1NC(=O)c1cc[nH]c(=O)c1. The largest absolute Gasteiger partial charge is 0.329 e. The third-order valence-electron chi connectivity index (χ3n) is 2.87. The van der Waals surface area contributed by atoms with Crippen molar-refractivity contribution in [3.8, 4) is 0 Å². The predicted molar refractivity (Wildman–Crippen MR) is 78.8 cm³/mol. The van der Waals surface area contributed by atoms with Gasteiger partial charge in [0.05, 0.1) is 0 Å². The molecule has 0 atom stereocenters. The number of carbonyl (C=O) groups excluding carboxylic acids is 1. The zero-order valence-corrected chi connectivity index (χ0v) is 11.3. The first-order valence-electron chi connectivity index (χ1n) is 6.49. The number of amides is 1. The first-order chi connectivity index (χ1) is 9.70. The Morgan fingerprint density at radius 2 is 2.05 bits per heavy atom. The van der Waals surface area contributed by atoms with Crippen LogP contribution in [0, 0.1) is 0 Å². The van der Waals surface area contributed by atoms with Crippen LogP contribution in [0.25, 0.3) is 0 Å². The molecular weight excluding hydrogens is 254 g/mol. The van der Waals surface area contributed by atoms with Crippen molar-refractivity contribution in [1.29, 1.82) is 0 Å². The number of carbonyl (C=O) groups is 1. The van der Waals surface area contributed by atoms with E-state index in [9.17, 15) is 9.59 Å². The molecule has 3 N–H and O–H groups in total. The summed E-state index contributed by atoms with van der Waals surface area (Å²) < 4.78 is 0. The van der Waals surface area contributed by atoms with Gasteiger partial charge in [-0.25, -0.2) is 0 Å². The molecule has 5 nitrogen and oxygen atoms in total. The van der Waals surface area contributed by atoms with E-state index >= 15 is 0 Å². The van der Waals surface area contributed by atoms with Crippen molar-refractivity contribution in [2.75, 3.05) is 11.9 Å². The Morgan fingerprint density at radius 3 is 2.80 bits per heavy atom. The summed E-state index contributed by atoms with van der Waals surface area (Å²) in [5.74, 6) is -0.292. The maximum atomic E-state index is 12.1. The van der Waals surface area contributed by atoms with Gasteiger partial charge in [-0.2, -0.15) is 0 Å². The van der Waals surface area contributed by atoms with Gasteiger partial charge in [-0.15, -0.1) is 0 Å². The lowest BCUT2D eigenvalue weighted by molar-refractivity contribution is 0.102. The molecule has 0 fully saturated rings. The minimum Gasteiger partial charge on any atom is -0.329 e. The number of hydrogen-bond acceptors (Lipinski definition) is 3. The molecule has 0 saturated heterocycles. The molecule has 0 spiro atoms. The quantitative estimate of drug-likeness (QED) is 0.775. The van der Waals surface area contributed by atoms with E-state index in [1.807, 2.05) is 31.2 Å². The number of anilines is 1. The Balaban J connectivity index is 2.17. The number of hydrogen-bond donors (Lipinski definition) is 3. The number of aromatic nitrogens is 1. The van der Waals surface area contributed by atoms with E-state index in [2.05, 4.69) is 15.6 Å². The topological polar surface area (TPSA) is 74.0 Å². The van der Waals surface area contributed by atoms with Crippen LogP contribution in [0.5, 0.6) is 0 Å². The monoisotopic (exact) mass is 271 g/mol. The molecule has 20 heavy (non-hydrogen) atoms. The lowest BCUT2D eigenvalue weighted by Crippen LogP contribution is -2.18. The third-order valence-corrected chi connectivity index (χ3v) is 2.87. The van der Waals surface area contributed by atoms with Gasteiger partial charge in [-0.3, -0.25) is 9.59 Å². The van der Waals surface area contributed by atoms with Crippen LogP contribution in [0.3, 0.4) is 0 Å². The summed E-state index contributed by atoms with van der Waals surface area (Å²) in [5.41, 5.74) is 1.80. The number of rotatable bonds is 5. The van der Waals surface area contributed by atoms with E-state index in [1.165, 1.54) is 12.3 Å². The first-order valence-corrected chi connectivity index (χ1v) is 6.49. The molecule has 0 aliphatic rings. The van der Waals surface area contributed by atoms with Crippen molar-refractivity contribution in [3.63, 3.8) is 0 Å². The maximum Gasteiger partial charge on any atom is 0.255 e. The second-order valence-corrected chi connectivity index (χ2v) is 4.33. The van der Waals surface area contributed by atoms with Crippen molar-refractivity contribution in [2.24, 2.45) is 0 Å². The van der Waals surface area contributed by atoms with Crippen LogP contribution >= 0.6 is 0 Å². The Hall–Kier alpha value is -2.40. The molecule has 0 saturated carbocycles. The lowest BCUT2D eigenvalue weighted by atomic mass is 10.1. The average molecular weight is 271 g/mol. The van der Waals surface area contributed by atoms with Crippen LogP contribution < -0.4 is 16.2 Å². The van der Waals surface area contributed by atoms with E-state index in [4.69, 9.17) is 0 Å². The van der Waals surface area contributed by atoms with Crippen LogP contribution in [-0.4, -0.2) is 17.4 Å². The van der Waals surface area contributed by atoms with Crippen molar-refractivity contribution in [3.05, 3.63) is 64.1 Å². The predicted octanol–water partition coefficient (Wildman–Crippen LogP) is 1.74. The van der Waals surface area contributed by atoms with Crippen LogP contribution in [0.4, 0.5) is 5.69 Å². The average Bonchev–Trinajstić information content (AvgIpc) is 2.46. The zero-order chi connectivity index (χ0) is 14.4. The number of para-hydroxylation sites is 1. The summed E-state index contributed by atoms with van der Waals surface area (Å²) in [7, 11) is 0. The van der Waals surface area contributed by atoms with Crippen molar-refractivity contribution in [1.82, 2.24) is 10.3 Å². The molecule has 1 amide bonds. The molecule has 104 valence electrons. The molecule has 2 rings (SSSR count). The molecule has 0 aliphatic heterocycles. The Kier molecular flexibility index (Phi) is 4.68. The van der Waals surface area contributed by atoms with E-state index in [0.29, 0.717) is 12.1 Å². The van der Waals surface area contributed by atoms with Crippen molar-refractivity contribution >= 4 is 11.6 Å². The second kappa shape index (κ2) is 6.68. The molecule has 1 aromatic heterocycles. The lowest BCUT2D eigenvalue weighted by Gasteiger charge is -2.11. The summed E-state index contributed by atoms with van der Waals surface area (Å²) in [5, 5.41) is 6.05. The standard InChI is InChI=1S/C15H17N3O2/c1-2-16-10-12-5-3-4-6-13(12)18-15(20)11-7-8-17-14(19)9-11/h3-9,16H,2,10H2,1H3,(H,17,19)(H,18,20). The maximum absolute atomic E-state index is 12.1. The normalized spacial score (nSPS) is 10.2. The molecule has 0 aliphatic carbocycles. The van der Waals surface area contributed by atoms with Gasteiger partial charge >= 0.3 is 0 Å². The fourth-order valence-electron chi connectivity index (χ4n) is 1.84. The van der Waals surface area contributed by atoms with Crippen LogP contribution in [0.15, 0.2) is 47.4 Å². The molecule has 1 heterocycles. The smallest absolute Gasteiger partial charge is 0.255 e. The first kappa shape index (κ1) is 14.0. The third kappa shape index (κ3) is 3.55. The molecular formula is C15H17N3O2. The Labute approximate surface area is 117 Å². The van der Waals surface area contributed by atoms with Crippen molar-refractivity contribution in [2.45, 2.75) is 13.5 Å². The second-order valence-electron chi connectivity index (χ2n) is 4.33. The van der Waals surface area contributed by atoms with Crippen LogP contribution in [0.2, 0.25) is 0 Å². The summed E-state index contributed by atoms with van der Waals surface area (Å²) in [6, 6.07) is 10.4. The summed E-state index contributed by atoms with van der Waals surface area (Å²) in [6.07, 6.45) is 1.46. The molecule has 0 unspecified atom stereocenters. The van der Waals surface area contributed by atoms with Gasteiger partial charge in [0.1, 0.15) is 0 Å². The van der Waals surface area contributed by atoms with Gasteiger partial charge < -0.3 is 15.6 Å². The summed E-state index contributed by atoms with van der Waals surface area (Å²) >= 11 is 0. The van der Waals surface area contributed by atoms with E-state index in [1.54, 1.807) is 6.07 Å². The van der Waals surface area contributed by atoms with Gasteiger partial charge in [-0.05, 0) is 24.2 Å². The van der Waals surface area contributed by atoms with Crippen LogP contribution in [-0.2, 0) is 6.54 Å². The fraction of sp³-hybridized carbons (Fsp3) is 0.200. The highest BCUT2D eigenvalue weighted by Gasteiger charge is 2.08. The molecule has 0 bridgehead atoms. The number of nitrogens with one attached hydrogen (secondary N) is 3. The number of benzene rings is 1. The van der Waals surface area contributed by atoms with Crippen LogP contribution in [0.1, 0.15) is 22.8 Å². The zero-order valence-electron chi connectivity index (χ0n) is 11.3. The number of aromatic amines is 1. The molecule has 2 aromatic rings. The van der Waals surface area contributed by atoms with E-state index in [-0.39, 0.29) is 11.5 Å². The van der Waals surface area contributed by atoms with Gasteiger partial charge in [0, 0.05) is 30.1 Å². The molecule has 5 heteroatoms. The highest BCUT2D eigenvalue weighted by atomic mass is 16.2. The van der Waals surface area contributed by atoms with Gasteiger partial charge in [0.15, 0.2) is 0 Å². The highest BCUT2D eigenvalue weighted by molar-refractivity contribution is 6.04. The minimum absolute atomic E-state index is 0.292. The number of H-pyrrole nitrogens is 1. The fourth-order valence-corrected chi connectivity index (χ4v) is 1.84. The molecule has 1 aromatic carbocycles. The van der Waals surface area contributed by atoms with E-state index in [0.717, 1.165) is 17.8 Å². The Bertz CT molecular complexity index is 649. The molecule has 0 radical (unpaired) electrons. The summed E-state index contributed by atoms with van der Waals surface area (Å²) in [4.78, 5) is 25.8. The Morgan fingerprint density at radius 1 is 1.25 bits per heavy atom. The summed E-state index contributed by atoms with van der Waals surface area (Å²) in [6.45, 7) is 3.57. The van der Waals surface area contributed by atoms with Crippen molar-refractivity contribution < 1.29 is 4.79 Å². The van der Waals surface area contributed by atoms with Gasteiger partial charge in [0.2, 0.25) is 5.56 Å². The highest BCUT2D eigenvalue weighted by Crippen LogP contribution is 2.15.